The molecule has 0 aliphatic rings. The first-order valence-corrected chi connectivity index (χ1v) is 4.05. The Morgan fingerprint density at radius 1 is 1.56 bits per heavy atom. The minimum Gasteiger partial charge on any atom is -0.478 e. The zero-order valence-electron chi connectivity index (χ0n) is 7.84. The first-order valence-electron chi connectivity index (χ1n) is 4.05. The topological polar surface area (TPSA) is 96.2 Å². The highest BCUT2D eigenvalue weighted by molar-refractivity contribution is 5.86. The summed E-state index contributed by atoms with van der Waals surface area (Å²) in [7, 11) is 0. The summed E-state index contributed by atoms with van der Waals surface area (Å²) in [6.07, 6.45) is 3.78. The Kier molecular flexibility index (Phi) is 3.47. The van der Waals surface area contributed by atoms with Crippen molar-refractivity contribution in [3.05, 3.63) is 34.5 Å². The van der Waals surface area contributed by atoms with Crippen molar-refractivity contribution in [1.82, 2.24) is 9.97 Å². The maximum Gasteiger partial charge on any atom is 0.418 e. The zero-order valence-corrected chi connectivity index (χ0v) is 8.65. The number of nitrogens with zero attached hydrogens (tertiary/aromatic N) is 1. The number of aliphatic carboxylic acids is 1. The molecule has 0 saturated heterocycles. The highest BCUT2D eigenvalue weighted by Crippen LogP contribution is 2.10. The van der Waals surface area contributed by atoms with Crippen molar-refractivity contribution in [1.29, 1.82) is 0 Å². The fourth-order valence-corrected chi connectivity index (χ4v) is 1.11. The molecular weight excluding hydrogens is 236 g/mol. The second-order valence-corrected chi connectivity index (χ2v) is 2.80. The van der Waals surface area contributed by atoms with Gasteiger partial charge in [0.2, 0.25) is 0 Å². The number of carboxylic acids is 1. The van der Waals surface area contributed by atoms with Gasteiger partial charge in [0, 0.05) is 12.3 Å². The second-order valence-electron chi connectivity index (χ2n) is 2.80. The Balaban J connectivity index is 0.00000128. The van der Waals surface area contributed by atoms with Crippen LogP contribution < -0.4 is 5.76 Å². The number of aromatic nitrogens is 2. The van der Waals surface area contributed by atoms with Crippen molar-refractivity contribution in [3.8, 4) is 0 Å². The molecule has 0 unspecified atom stereocenters. The minimum absolute atomic E-state index is 0. The Labute approximate surface area is 95.0 Å². The van der Waals surface area contributed by atoms with E-state index in [9.17, 15) is 9.59 Å². The fraction of sp³-hybridized carbons (Fsp3) is 0. The zero-order chi connectivity index (χ0) is 10.8. The monoisotopic (exact) mass is 242 g/mol. The number of carboxylic acid groups (broad SMARTS) is 1. The van der Waals surface area contributed by atoms with Crippen molar-refractivity contribution < 1.29 is 14.3 Å². The van der Waals surface area contributed by atoms with Gasteiger partial charge < -0.3 is 9.52 Å². The first kappa shape index (κ1) is 12.0. The molecule has 0 atom stereocenters. The minimum atomic E-state index is -1.05. The molecule has 0 aromatic carbocycles. The molecule has 0 spiro atoms. The van der Waals surface area contributed by atoms with Crippen LogP contribution in [0.2, 0.25) is 0 Å². The number of rotatable bonds is 2. The Bertz CT molecular complexity index is 599. The Hall–Kier alpha value is -2.08. The van der Waals surface area contributed by atoms with E-state index >= 15 is 0 Å². The van der Waals surface area contributed by atoms with Gasteiger partial charge in [0.15, 0.2) is 11.2 Å². The van der Waals surface area contributed by atoms with Gasteiger partial charge in [-0.25, -0.2) is 14.6 Å². The van der Waals surface area contributed by atoms with Crippen LogP contribution in [0.15, 0.2) is 27.6 Å². The quantitative estimate of drug-likeness (QED) is 0.767. The summed E-state index contributed by atoms with van der Waals surface area (Å²) in [6.45, 7) is 0. The smallest absolute Gasteiger partial charge is 0.418 e. The molecule has 0 amide bonds. The molecule has 16 heavy (non-hydrogen) atoms. The SMILES string of the molecule is Cl.O=C(O)C=Cc1cnc2[nH]c(=O)oc2c1. The summed E-state index contributed by atoms with van der Waals surface area (Å²) in [6, 6.07) is 1.53. The third-order valence-electron chi connectivity index (χ3n) is 1.72. The summed E-state index contributed by atoms with van der Waals surface area (Å²) in [5.74, 6) is -1.64. The highest BCUT2D eigenvalue weighted by atomic mass is 35.5. The number of carbonyl (C=O) groups is 1. The average molecular weight is 243 g/mol. The molecule has 7 heteroatoms. The molecule has 2 rings (SSSR count). The normalized spacial score (nSPS) is 10.5. The lowest BCUT2D eigenvalue weighted by atomic mass is 10.2. The third-order valence-corrected chi connectivity index (χ3v) is 1.72. The predicted octanol–water partition coefficient (Wildman–Crippen LogP) is 1.04. The number of H-pyrrole nitrogens is 1. The van der Waals surface area contributed by atoms with Crippen molar-refractivity contribution in [2.45, 2.75) is 0 Å². The fourth-order valence-electron chi connectivity index (χ4n) is 1.11. The molecule has 2 aromatic heterocycles. The molecule has 84 valence electrons. The van der Waals surface area contributed by atoms with Crippen molar-refractivity contribution in [3.63, 3.8) is 0 Å². The summed E-state index contributed by atoms with van der Waals surface area (Å²) in [5, 5.41) is 8.41. The van der Waals surface area contributed by atoms with E-state index in [0.717, 1.165) is 6.08 Å². The van der Waals surface area contributed by atoms with E-state index in [1.165, 1.54) is 18.3 Å². The molecule has 2 aromatic rings. The Morgan fingerprint density at radius 2 is 2.31 bits per heavy atom. The van der Waals surface area contributed by atoms with E-state index in [1.807, 2.05) is 0 Å². The van der Waals surface area contributed by atoms with Gasteiger partial charge in [0.25, 0.3) is 0 Å². The van der Waals surface area contributed by atoms with E-state index in [4.69, 9.17) is 9.52 Å². The van der Waals surface area contributed by atoms with Crippen LogP contribution in [-0.2, 0) is 4.79 Å². The van der Waals surface area contributed by atoms with Crippen LogP contribution in [0.5, 0.6) is 0 Å². The predicted molar refractivity (Wildman–Crippen MR) is 58.5 cm³/mol. The third kappa shape index (κ3) is 2.48. The molecular formula is C9H7ClN2O4. The summed E-state index contributed by atoms with van der Waals surface area (Å²) >= 11 is 0. The number of hydrogen-bond acceptors (Lipinski definition) is 4. The number of hydrogen-bond donors (Lipinski definition) is 2. The number of oxazole rings is 1. The lowest BCUT2D eigenvalue weighted by Crippen LogP contribution is -1.93. The van der Waals surface area contributed by atoms with Crippen LogP contribution in [0.3, 0.4) is 0 Å². The maximum absolute atomic E-state index is 10.8. The summed E-state index contributed by atoms with van der Waals surface area (Å²) in [5.41, 5.74) is 1.19. The van der Waals surface area contributed by atoms with Crippen LogP contribution >= 0.6 is 12.4 Å². The summed E-state index contributed by atoms with van der Waals surface area (Å²) in [4.78, 5) is 27.3. The van der Waals surface area contributed by atoms with Gasteiger partial charge in [-0.1, -0.05) is 0 Å². The van der Waals surface area contributed by atoms with Crippen molar-refractivity contribution >= 4 is 35.7 Å². The van der Waals surface area contributed by atoms with E-state index in [0.29, 0.717) is 16.8 Å². The van der Waals surface area contributed by atoms with Gasteiger partial charge in [0.05, 0.1) is 0 Å². The van der Waals surface area contributed by atoms with E-state index in [1.54, 1.807) is 0 Å². The van der Waals surface area contributed by atoms with Gasteiger partial charge in [-0.3, -0.25) is 4.98 Å². The van der Waals surface area contributed by atoms with E-state index < -0.39 is 11.7 Å². The molecule has 0 aliphatic carbocycles. The first-order chi connectivity index (χ1) is 7.15. The maximum atomic E-state index is 10.8. The van der Waals surface area contributed by atoms with Crippen molar-refractivity contribution in [2.75, 3.05) is 0 Å². The largest absolute Gasteiger partial charge is 0.478 e. The highest BCUT2D eigenvalue weighted by Gasteiger charge is 2.01. The summed E-state index contributed by atoms with van der Waals surface area (Å²) < 4.78 is 4.76. The number of aromatic amines is 1. The van der Waals surface area contributed by atoms with Crippen LogP contribution in [-0.4, -0.2) is 21.0 Å². The number of halogens is 1. The van der Waals surface area contributed by atoms with Gasteiger partial charge in [-0.15, -0.1) is 12.4 Å². The lowest BCUT2D eigenvalue weighted by Gasteiger charge is -1.90. The van der Waals surface area contributed by atoms with Crippen molar-refractivity contribution in [2.24, 2.45) is 0 Å². The Morgan fingerprint density at radius 3 is 3.00 bits per heavy atom. The number of fused-ring (bicyclic) bond motifs is 1. The van der Waals surface area contributed by atoms with Crippen LogP contribution in [0.1, 0.15) is 5.56 Å². The molecule has 0 bridgehead atoms. The van der Waals surface area contributed by atoms with Gasteiger partial charge >= 0.3 is 11.7 Å². The molecule has 2 heterocycles. The molecule has 0 radical (unpaired) electrons. The van der Waals surface area contributed by atoms with E-state index in [2.05, 4.69) is 9.97 Å². The standard InChI is InChI=1S/C9H6N2O4.ClH/c12-7(13)2-1-5-3-6-8(10-4-5)11-9(14)15-6;/h1-4H,(H,12,13)(H,10,11,14);1H. The molecule has 0 saturated carbocycles. The molecule has 6 nitrogen and oxygen atoms in total. The van der Waals surface area contributed by atoms with Gasteiger partial charge in [-0.2, -0.15) is 0 Å². The van der Waals surface area contributed by atoms with Crippen LogP contribution in [0, 0.1) is 0 Å². The van der Waals surface area contributed by atoms with Gasteiger partial charge in [-0.05, 0) is 17.7 Å². The molecule has 2 N–H and O–H groups in total. The van der Waals surface area contributed by atoms with Crippen LogP contribution in [0.4, 0.5) is 0 Å². The average Bonchev–Trinajstić information content (AvgIpc) is 2.53. The molecule has 0 fully saturated rings. The second kappa shape index (κ2) is 4.63. The van der Waals surface area contributed by atoms with Gasteiger partial charge in [0.1, 0.15) is 0 Å². The molecule has 0 aliphatic heterocycles. The van der Waals surface area contributed by atoms with E-state index in [-0.39, 0.29) is 12.4 Å². The number of pyridine rings is 1. The number of nitrogens with one attached hydrogen (secondary N) is 1. The lowest BCUT2D eigenvalue weighted by molar-refractivity contribution is -0.131. The van der Waals surface area contributed by atoms with Crippen LogP contribution in [0.25, 0.3) is 17.3 Å².